The lowest BCUT2D eigenvalue weighted by atomic mass is 9.83. The second-order valence-electron chi connectivity index (χ2n) is 3.93. The Kier molecular flexibility index (Phi) is 2.01. The van der Waals surface area contributed by atoms with Gasteiger partial charge in [-0.25, -0.2) is 0 Å². The summed E-state index contributed by atoms with van der Waals surface area (Å²) in [4.78, 5) is 0. The molecule has 0 unspecified atom stereocenters. The molecule has 2 N–H and O–H groups in total. The predicted octanol–water partition coefficient (Wildman–Crippen LogP) is 2.86. The third-order valence-corrected chi connectivity index (χ3v) is 1.85. The number of hydrogen-bond acceptors (Lipinski definition) is 2. The molecule has 0 aliphatic heterocycles. The predicted molar refractivity (Wildman–Crippen MR) is 49.0 cm³/mol. The molecular weight excluding hydrogens is 152 g/mol. The molecule has 12 heavy (non-hydrogen) atoms. The summed E-state index contributed by atoms with van der Waals surface area (Å²) in [6.07, 6.45) is 4.33. The maximum Gasteiger partial charge on any atom is 0.120 e. The second-order valence-corrected chi connectivity index (χ2v) is 3.93. The van der Waals surface area contributed by atoms with Crippen molar-refractivity contribution in [3.8, 4) is 0 Å². The maximum atomic E-state index is 9.47. The van der Waals surface area contributed by atoms with Gasteiger partial charge in [-0.1, -0.05) is 20.8 Å². The highest BCUT2D eigenvalue weighted by molar-refractivity contribution is 5.52. The SMILES string of the molecule is CC(C)(C)C1=C(O)C=CC1=CO. The van der Waals surface area contributed by atoms with Crippen LogP contribution in [0.1, 0.15) is 20.8 Å². The van der Waals surface area contributed by atoms with Crippen LogP contribution in [0.2, 0.25) is 0 Å². The van der Waals surface area contributed by atoms with Crippen LogP contribution in [-0.2, 0) is 0 Å². The molecule has 1 aliphatic rings. The van der Waals surface area contributed by atoms with Crippen LogP contribution < -0.4 is 0 Å². The Morgan fingerprint density at radius 2 is 1.83 bits per heavy atom. The van der Waals surface area contributed by atoms with Gasteiger partial charge in [0.25, 0.3) is 0 Å². The van der Waals surface area contributed by atoms with Crippen molar-refractivity contribution < 1.29 is 10.2 Å². The van der Waals surface area contributed by atoms with Crippen molar-refractivity contribution in [1.82, 2.24) is 0 Å². The summed E-state index contributed by atoms with van der Waals surface area (Å²) in [6, 6.07) is 0. The van der Waals surface area contributed by atoms with E-state index in [9.17, 15) is 5.11 Å². The molecule has 0 heterocycles. The first kappa shape index (κ1) is 8.91. The summed E-state index contributed by atoms with van der Waals surface area (Å²) < 4.78 is 0. The van der Waals surface area contributed by atoms with Gasteiger partial charge in [-0.3, -0.25) is 0 Å². The summed E-state index contributed by atoms with van der Waals surface area (Å²) >= 11 is 0. The van der Waals surface area contributed by atoms with E-state index in [2.05, 4.69) is 0 Å². The molecule has 2 heteroatoms. The fraction of sp³-hybridized carbons (Fsp3) is 0.400. The highest BCUT2D eigenvalue weighted by atomic mass is 16.3. The van der Waals surface area contributed by atoms with E-state index in [1.165, 1.54) is 0 Å². The van der Waals surface area contributed by atoms with Crippen molar-refractivity contribution in [1.29, 1.82) is 0 Å². The molecule has 2 nitrogen and oxygen atoms in total. The van der Waals surface area contributed by atoms with E-state index in [4.69, 9.17) is 5.11 Å². The number of aliphatic hydroxyl groups is 2. The summed E-state index contributed by atoms with van der Waals surface area (Å²) in [6.45, 7) is 5.99. The summed E-state index contributed by atoms with van der Waals surface area (Å²) in [5.41, 5.74) is 1.35. The molecule has 0 radical (unpaired) electrons. The Bertz CT molecular complexity index is 275. The average molecular weight is 166 g/mol. The van der Waals surface area contributed by atoms with Crippen molar-refractivity contribution in [2.24, 2.45) is 5.41 Å². The minimum atomic E-state index is -0.137. The molecule has 0 fully saturated rings. The molecule has 1 aliphatic carbocycles. The fourth-order valence-electron chi connectivity index (χ4n) is 1.41. The molecule has 0 bridgehead atoms. The van der Waals surface area contributed by atoms with Gasteiger partial charge in [0.05, 0.1) is 6.26 Å². The number of hydrogen-bond donors (Lipinski definition) is 2. The third kappa shape index (κ3) is 1.37. The normalized spacial score (nSPS) is 21.1. The van der Waals surface area contributed by atoms with Gasteiger partial charge in [0.1, 0.15) is 5.76 Å². The molecule has 0 amide bonds. The molecule has 0 aromatic heterocycles. The van der Waals surface area contributed by atoms with Crippen LogP contribution >= 0.6 is 0 Å². The topological polar surface area (TPSA) is 40.5 Å². The Labute approximate surface area is 72.5 Å². The molecular formula is C10H14O2. The molecule has 0 saturated carbocycles. The van der Waals surface area contributed by atoms with Crippen molar-refractivity contribution in [3.63, 3.8) is 0 Å². The van der Waals surface area contributed by atoms with Crippen LogP contribution in [0.15, 0.2) is 35.3 Å². The Morgan fingerprint density at radius 1 is 1.25 bits per heavy atom. The third-order valence-electron chi connectivity index (χ3n) is 1.85. The van der Waals surface area contributed by atoms with Gasteiger partial charge in [0, 0.05) is 11.1 Å². The van der Waals surface area contributed by atoms with Gasteiger partial charge < -0.3 is 10.2 Å². The van der Waals surface area contributed by atoms with Crippen LogP contribution in [0.3, 0.4) is 0 Å². The first-order chi connectivity index (χ1) is 5.46. The van der Waals surface area contributed by atoms with Crippen LogP contribution in [0.5, 0.6) is 0 Å². The number of rotatable bonds is 0. The quantitative estimate of drug-likeness (QED) is 0.543. The largest absolute Gasteiger partial charge is 0.515 e. The van der Waals surface area contributed by atoms with E-state index in [1.807, 2.05) is 20.8 Å². The van der Waals surface area contributed by atoms with Gasteiger partial charge >= 0.3 is 0 Å². The smallest absolute Gasteiger partial charge is 0.120 e. The number of allylic oxidation sites excluding steroid dienone is 4. The van der Waals surface area contributed by atoms with Crippen molar-refractivity contribution in [2.75, 3.05) is 0 Å². The van der Waals surface area contributed by atoms with Crippen LogP contribution in [0.25, 0.3) is 0 Å². The molecule has 0 aromatic carbocycles. The lowest BCUT2D eigenvalue weighted by molar-refractivity contribution is 0.396. The maximum absolute atomic E-state index is 9.47. The molecule has 0 aromatic rings. The zero-order chi connectivity index (χ0) is 9.35. The summed E-state index contributed by atoms with van der Waals surface area (Å²) in [5, 5.41) is 18.3. The molecule has 0 spiro atoms. The van der Waals surface area contributed by atoms with Gasteiger partial charge in [-0.15, -0.1) is 0 Å². The zero-order valence-electron chi connectivity index (χ0n) is 7.63. The second kappa shape index (κ2) is 2.70. The molecule has 0 saturated heterocycles. The van der Waals surface area contributed by atoms with Gasteiger partial charge in [-0.2, -0.15) is 0 Å². The zero-order valence-corrected chi connectivity index (χ0v) is 7.63. The van der Waals surface area contributed by atoms with Crippen molar-refractivity contribution in [2.45, 2.75) is 20.8 Å². The lowest BCUT2D eigenvalue weighted by Gasteiger charge is -2.21. The highest BCUT2D eigenvalue weighted by Gasteiger charge is 2.26. The first-order valence-electron chi connectivity index (χ1n) is 3.93. The van der Waals surface area contributed by atoms with E-state index >= 15 is 0 Å². The number of aliphatic hydroxyl groups excluding tert-OH is 2. The average Bonchev–Trinajstić information content (AvgIpc) is 2.29. The molecule has 66 valence electrons. The van der Waals surface area contributed by atoms with Crippen molar-refractivity contribution in [3.05, 3.63) is 35.3 Å². The highest BCUT2D eigenvalue weighted by Crippen LogP contribution is 2.37. The van der Waals surface area contributed by atoms with E-state index in [1.54, 1.807) is 12.2 Å². The Morgan fingerprint density at radius 3 is 2.17 bits per heavy atom. The van der Waals surface area contributed by atoms with Crippen LogP contribution in [0.4, 0.5) is 0 Å². The lowest BCUT2D eigenvalue weighted by Crippen LogP contribution is -2.11. The Balaban J connectivity index is 3.13. The molecule has 1 rings (SSSR count). The van der Waals surface area contributed by atoms with Crippen LogP contribution in [-0.4, -0.2) is 10.2 Å². The Hall–Kier alpha value is -1.18. The van der Waals surface area contributed by atoms with E-state index in [0.29, 0.717) is 5.57 Å². The fourth-order valence-corrected chi connectivity index (χ4v) is 1.41. The molecule has 0 atom stereocenters. The minimum Gasteiger partial charge on any atom is -0.515 e. The van der Waals surface area contributed by atoms with E-state index < -0.39 is 0 Å². The monoisotopic (exact) mass is 166 g/mol. The summed E-state index contributed by atoms with van der Waals surface area (Å²) in [7, 11) is 0. The van der Waals surface area contributed by atoms with E-state index in [0.717, 1.165) is 11.8 Å². The van der Waals surface area contributed by atoms with Crippen LogP contribution in [0, 0.1) is 5.41 Å². The summed E-state index contributed by atoms with van der Waals surface area (Å²) in [5.74, 6) is 0.253. The standard InChI is InChI=1S/C10H14O2/c1-10(2,3)9-7(6-11)4-5-8(9)12/h4-6,11-12H,1-3H3. The van der Waals surface area contributed by atoms with Crippen molar-refractivity contribution >= 4 is 0 Å². The first-order valence-corrected chi connectivity index (χ1v) is 3.93. The van der Waals surface area contributed by atoms with Gasteiger partial charge in [0.15, 0.2) is 0 Å². The van der Waals surface area contributed by atoms with E-state index in [-0.39, 0.29) is 11.2 Å². The van der Waals surface area contributed by atoms with Gasteiger partial charge in [-0.05, 0) is 17.6 Å². The van der Waals surface area contributed by atoms with Gasteiger partial charge in [0.2, 0.25) is 0 Å². The minimum absolute atomic E-state index is 0.137.